The number of alkyl halides is 3. The van der Waals surface area contributed by atoms with E-state index in [-0.39, 0.29) is 17.9 Å². The van der Waals surface area contributed by atoms with Crippen molar-refractivity contribution in [3.05, 3.63) is 35.8 Å². The van der Waals surface area contributed by atoms with Crippen LogP contribution in [-0.2, 0) is 6.18 Å². The van der Waals surface area contributed by atoms with Crippen LogP contribution in [0.5, 0.6) is 0 Å². The van der Waals surface area contributed by atoms with E-state index in [4.69, 9.17) is 0 Å². The van der Waals surface area contributed by atoms with E-state index in [1.807, 2.05) is 0 Å². The largest absolute Gasteiger partial charge is 0.417 e. The molecule has 0 aromatic carbocycles. The van der Waals surface area contributed by atoms with Crippen molar-refractivity contribution < 1.29 is 18.0 Å². The second-order valence-corrected chi connectivity index (χ2v) is 3.56. The fourth-order valence-corrected chi connectivity index (χ4v) is 1.54. The molecule has 0 saturated heterocycles. The molecular formula is C11H9F3N2O. The molecule has 6 heteroatoms. The molecule has 0 amide bonds. The molecule has 0 N–H and O–H groups in total. The number of fused-ring (bicyclic) bond motifs is 1. The number of aromatic nitrogens is 2. The first kappa shape index (κ1) is 11.6. The standard InChI is InChI=1S/C11H9F3N2O/c1-2-9(17)8-5-15-10-4-3-7(6-16(8)10)11(12,13)14/h3-6H,2H2,1H3. The first-order valence-electron chi connectivity index (χ1n) is 5.01. The van der Waals surface area contributed by atoms with Gasteiger partial charge in [0, 0.05) is 12.6 Å². The molecule has 0 aliphatic rings. The van der Waals surface area contributed by atoms with E-state index in [0.29, 0.717) is 5.65 Å². The summed E-state index contributed by atoms with van der Waals surface area (Å²) in [4.78, 5) is 15.4. The number of hydrogen-bond acceptors (Lipinski definition) is 2. The molecule has 0 atom stereocenters. The molecule has 0 unspecified atom stereocenters. The summed E-state index contributed by atoms with van der Waals surface area (Å²) in [6, 6.07) is 2.19. The van der Waals surface area contributed by atoms with Gasteiger partial charge in [-0.1, -0.05) is 6.92 Å². The van der Waals surface area contributed by atoms with E-state index in [2.05, 4.69) is 4.98 Å². The number of hydrogen-bond donors (Lipinski definition) is 0. The van der Waals surface area contributed by atoms with E-state index in [0.717, 1.165) is 12.3 Å². The van der Waals surface area contributed by atoms with Crippen molar-refractivity contribution in [2.24, 2.45) is 0 Å². The third-order valence-electron chi connectivity index (χ3n) is 2.44. The van der Waals surface area contributed by atoms with Crippen LogP contribution in [-0.4, -0.2) is 15.2 Å². The average molecular weight is 242 g/mol. The summed E-state index contributed by atoms with van der Waals surface area (Å²) >= 11 is 0. The average Bonchev–Trinajstić information content (AvgIpc) is 2.69. The minimum atomic E-state index is -4.43. The van der Waals surface area contributed by atoms with E-state index in [1.165, 1.54) is 16.7 Å². The summed E-state index contributed by atoms with van der Waals surface area (Å²) in [6.45, 7) is 1.65. The van der Waals surface area contributed by atoms with E-state index in [9.17, 15) is 18.0 Å². The van der Waals surface area contributed by atoms with Gasteiger partial charge >= 0.3 is 6.18 Å². The molecule has 2 aromatic heterocycles. The van der Waals surface area contributed by atoms with Crippen molar-refractivity contribution in [3.63, 3.8) is 0 Å². The summed E-state index contributed by atoms with van der Waals surface area (Å²) in [5, 5.41) is 0. The van der Waals surface area contributed by atoms with Gasteiger partial charge in [-0.25, -0.2) is 4.98 Å². The normalized spacial score (nSPS) is 12.0. The summed E-state index contributed by atoms with van der Waals surface area (Å²) in [7, 11) is 0. The zero-order valence-corrected chi connectivity index (χ0v) is 8.95. The Kier molecular flexibility index (Phi) is 2.65. The maximum Gasteiger partial charge on any atom is 0.417 e. The smallest absolute Gasteiger partial charge is 0.296 e. The van der Waals surface area contributed by atoms with Gasteiger partial charge in [-0.3, -0.25) is 9.20 Å². The fourth-order valence-electron chi connectivity index (χ4n) is 1.54. The lowest BCUT2D eigenvalue weighted by Crippen LogP contribution is -2.08. The highest BCUT2D eigenvalue weighted by Crippen LogP contribution is 2.29. The zero-order valence-electron chi connectivity index (χ0n) is 8.95. The van der Waals surface area contributed by atoms with Gasteiger partial charge in [-0.15, -0.1) is 0 Å². The summed E-state index contributed by atoms with van der Waals surface area (Å²) in [5.74, 6) is -0.239. The molecule has 0 aliphatic heterocycles. The summed E-state index contributed by atoms with van der Waals surface area (Å²) in [5.41, 5.74) is -0.295. The molecule has 0 aliphatic carbocycles. The van der Waals surface area contributed by atoms with E-state index < -0.39 is 11.7 Å². The second-order valence-electron chi connectivity index (χ2n) is 3.56. The molecule has 0 fully saturated rings. The number of pyridine rings is 1. The molecular weight excluding hydrogens is 233 g/mol. The Morgan fingerprint density at radius 3 is 2.71 bits per heavy atom. The number of ketones is 1. The maximum absolute atomic E-state index is 12.5. The van der Waals surface area contributed by atoms with Crippen molar-refractivity contribution in [1.29, 1.82) is 0 Å². The second kappa shape index (κ2) is 3.87. The molecule has 0 spiro atoms. The van der Waals surface area contributed by atoms with Gasteiger partial charge in [0.2, 0.25) is 0 Å². The van der Waals surface area contributed by atoms with Crippen molar-refractivity contribution in [3.8, 4) is 0 Å². The SMILES string of the molecule is CCC(=O)c1cnc2ccc(C(F)(F)F)cn12. The zero-order chi connectivity index (χ0) is 12.6. The number of carbonyl (C=O) groups is 1. The van der Waals surface area contributed by atoms with E-state index in [1.54, 1.807) is 6.92 Å². The molecule has 2 heterocycles. The summed E-state index contributed by atoms with van der Waals surface area (Å²) < 4.78 is 38.7. The molecule has 90 valence electrons. The monoisotopic (exact) mass is 242 g/mol. The Balaban J connectivity index is 2.62. The molecule has 2 aromatic rings. The van der Waals surface area contributed by atoms with Crippen molar-refractivity contribution in [2.45, 2.75) is 19.5 Å². The molecule has 0 bridgehead atoms. The quantitative estimate of drug-likeness (QED) is 0.759. The van der Waals surface area contributed by atoms with Crippen LogP contribution in [0.4, 0.5) is 13.2 Å². The van der Waals surface area contributed by atoms with E-state index >= 15 is 0 Å². The van der Waals surface area contributed by atoms with Crippen LogP contribution in [0.15, 0.2) is 24.5 Å². The van der Waals surface area contributed by atoms with Crippen LogP contribution < -0.4 is 0 Å². The Morgan fingerprint density at radius 1 is 1.41 bits per heavy atom. The fraction of sp³-hybridized carbons (Fsp3) is 0.273. The first-order valence-corrected chi connectivity index (χ1v) is 5.01. The third kappa shape index (κ3) is 2.02. The van der Waals surface area contributed by atoms with Gasteiger partial charge in [0.25, 0.3) is 0 Å². The first-order chi connectivity index (χ1) is 7.93. The van der Waals surface area contributed by atoms with Crippen LogP contribution in [0.1, 0.15) is 29.4 Å². The molecule has 3 nitrogen and oxygen atoms in total. The van der Waals surface area contributed by atoms with Gasteiger partial charge in [-0.2, -0.15) is 13.2 Å². The number of halogens is 3. The molecule has 2 rings (SSSR count). The number of imidazole rings is 1. The van der Waals surface area contributed by atoms with Gasteiger partial charge in [0.1, 0.15) is 11.3 Å². The van der Waals surface area contributed by atoms with Crippen LogP contribution >= 0.6 is 0 Å². The van der Waals surface area contributed by atoms with Crippen LogP contribution in [0.25, 0.3) is 5.65 Å². The number of carbonyl (C=O) groups excluding carboxylic acids is 1. The Hall–Kier alpha value is -1.85. The highest BCUT2D eigenvalue weighted by molar-refractivity contribution is 5.94. The Bertz CT molecular complexity index is 572. The van der Waals surface area contributed by atoms with Gasteiger partial charge < -0.3 is 0 Å². The third-order valence-corrected chi connectivity index (χ3v) is 2.44. The predicted octanol–water partition coefficient (Wildman–Crippen LogP) is 2.95. The van der Waals surface area contributed by atoms with Gasteiger partial charge in [-0.05, 0) is 12.1 Å². The predicted molar refractivity (Wildman–Crippen MR) is 54.8 cm³/mol. The lowest BCUT2D eigenvalue weighted by atomic mass is 10.2. The molecule has 0 saturated carbocycles. The van der Waals surface area contributed by atoms with Crippen molar-refractivity contribution in [2.75, 3.05) is 0 Å². The van der Waals surface area contributed by atoms with Crippen molar-refractivity contribution >= 4 is 11.4 Å². The molecule has 17 heavy (non-hydrogen) atoms. The van der Waals surface area contributed by atoms with Crippen LogP contribution in [0.2, 0.25) is 0 Å². The Morgan fingerprint density at radius 2 is 2.12 bits per heavy atom. The van der Waals surface area contributed by atoms with Crippen LogP contribution in [0.3, 0.4) is 0 Å². The number of nitrogens with zero attached hydrogens (tertiary/aromatic N) is 2. The van der Waals surface area contributed by atoms with Crippen molar-refractivity contribution in [1.82, 2.24) is 9.38 Å². The topological polar surface area (TPSA) is 34.4 Å². The lowest BCUT2D eigenvalue weighted by molar-refractivity contribution is -0.137. The Labute approximate surface area is 94.9 Å². The number of Topliss-reactive ketones (excluding diaryl/α,β-unsaturated/α-hetero) is 1. The highest BCUT2D eigenvalue weighted by Gasteiger charge is 2.31. The minimum absolute atomic E-state index is 0.175. The summed E-state index contributed by atoms with van der Waals surface area (Å²) in [6.07, 6.45) is -2.01. The minimum Gasteiger partial charge on any atom is -0.296 e. The molecule has 0 radical (unpaired) electrons. The van der Waals surface area contributed by atoms with Crippen LogP contribution in [0, 0.1) is 0 Å². The number of rotatable bonds is 2. The maximum atomic E-state index is 12.5. The highest BCUT2D eigenvalue weighted by atomic mass is 19.4. The lowest BCUT2D eigenvalue weighted by Gasteiger charge is -2.07. The van der Waals surface area contributed by atoms with Gasteiger partial charge in [0.15, 0.2) is 5.78 Å². The van der Waals surface area contributed by atoms with Gasteiger partial charge in [0.05, 0.1) is 11.8 Å².